The van der Waals surface area contributed by atoms with Crippen LogP contribution >= 0.6 is 0 Å². The Morgan fingerprint density at radius 3 is 1.80 bits per heavy atom. The SMILES string of the molecule is CCCC(CCN1CCOCC1)C(N)=O.CS(=O)(=O)O.CS(=O)(=O)O. The first kappa shape index (κ1) is 26.4. The Morgan fingerprint density at radius 2 is 1.48 bits per heavy atom. The Balaban J connectivity index is 0. The molecule has 1 heterocycles. The van der Waals surface area contributed by atoms with E-state index in [-0.39, 0.29) is 11.8 Å². The molecule has 1 saturated heterocycles. The number of ether oxygens (including phenoxy) is 1. The van der Waals surface area contributed by atoms with Crippen LogP contribution in [-0.2, 0) is 29.8 Å². The first-order valence-electron chi connectivity index (χ1n) is 7.68. The van der Waals surface area contributed by atoms with E-state index in [1.807, 2.05) is 0 Å². The van der Waals surface area contributed by atoms with Gasteiger partial charge in [-0.15, -0.1) is 0 Å². The lowest BCUT2D eigenvalue weighted by Crippen LogP contribution is -2.38. The molecule has 1 unspecified atom stereocenters. The summed E-state index contributed by atoms with van der Waals surface area (Å²) >= 11 is 0. The van der Waals surface area contributed by atoms with E-state index in [0.29, 0.717) is 12.5 Å². The molecule has 0 radical (unpaired) electrons. The summed E-state index contributed by atoms with van der Waals surface area (Å²) in [7, 11) is -7.33. The highest BCUT2D eigenvalue weighted by atomic mass is 32.2. The van der Waals surface area contributed by atoms with Crippen LogP contribution < -0.4 is 5.73 Å². The van der Waals surface area contributed by atoms with E-state index in [0.717, 1.165) is 52.1 Å². The minimum atomic E-state index is -3.67. The van der Waals surface area contributed by atoms with Crippen molar-refractivity contribution in [3.8, 4) is 0 Å². The van der Waals surface area contributed by atoms with Crippen molar-refractivity contribution in [1.29, 1.82) is 0 Å². The molecule has 10 nitrogen and oxygen atoms in total. The van der Waals surface area contributed by atoms with Crippen LogP contribution in [0, 0.1) is 5.92 Å². The Hall–Kier alpha value is -0.790. The van der Waals surface area contributed by atoms with E-state index in [1.54, 1.807) is 0 Å². The molecule has 0 aromatic carbocycles. The molecule has 1 atom stereocenters. The summed E-state index contributed by atoms with van der Waals surface area (Å²) in [4.78, 5) is 13.5. The fourth-order valence-electron chi connectivity index (χ4n) is 1.94. The Morgan fingerprint density at radius 1 is 1.08 bits per heavy atom. The molecular weight excluding hydrogens is 376 g/mol. The number of primary amides is 1. The van der Waals surface area contributed by atoms with Crippen molar-refractivity contribution in [1.82, 2.24) is 4.90 Å². The average molecular weight is 407 g/mol. The predicted molar refractivity (Wildman–Crippen MR) is 94.4 cm³/mol. The largest absolute Gasteiger partial charge is 0.379 e. The van der Waals surface area contributed by atoms with Crippen molar-refractivity contribution in [3.05, 3.63) is 0 Å². The standard InChI is InChI=1S/C11H22N2O2.2CH4O3S/c1-2-3-10(11(12)14)4-5-13-6-8-15-9-7-13;2*1-5(2,3)4/h10H,2-9H2,1H3,(H2,12,14);2*1H3,(H,2,3,4). The summed E-state index contributed by atoms with van der Waals surface area (Å²) in [6, 6.07) is 0. The molecule has 1 fully saturated rings. The Labute approximate surface area is 150 Å². The second-order valence-electron chi connectivity index (χ2n) is 5.60. The van der Waals surface area contributed by atoms with Gasteiger partial charge < -0.3 is 10.5 Å². The molecular formula is C13H30N2O8S2. The number of morpholine rings is 1. The van der Waals surface area contributed by atoms with Crippen molar-refractivity contribution < 1.29 is 35.5 Å². The number of rotatable bonds is 6. The lowest BCUT2D eigenvalue weighted by molar-refractivity contribution is -0.122. The maximum atomic E-state index is 11.1. The van der Waals surface area contributed by atoms with Gasteiger partial charge in [-0.05, 0) is 19.4 Å². The van der Waals surface area contributed by atoms with Gasteiger partial charge >= 0.3 is 0 Å². The third-order valence-electron chi connectivity index (χ3n) is 2.94. The van der Waals surface area contributed by atoms with E-state index in [4.69, 9.17) is 19.6 Å². The quantitative estimate of drug-likeness (QED) is 0.498. The van der Waals surface area contributed by atoms with Crippen LogP contribution in [0.4, 0.5) is 0 Å². The van der Waals surface area contributed by atoms with Crippen LogP contribution in [0.2, 0.25) is 0 Å². The van der Waals surface area contributed by atoms with E-state index < -0.39 is 20.2 Å². The lowest BCUT2D eigenvalue weighted by atomic mass is 9.99. The third-order valence-corrected chi connectivity index (χ3v) is 2.94. The number of nitrogens with two attached hydrogens (primary N) is 1. The molecule has 1 aliphatic rings. The fraction of sp³-hybridized carbons (Fsp3) is 0.923. The van der Waals surface area contributed by atoms with Gasteiger partial charge in [0.2, 0.25) is 5.91 Å². The number of hydrogen-bond acceptors (Lipinski definition) is 7. The number of amides is 1. The number of nitrogens with zero attached hydrogens (tertiary/aromatic N) is 1. The van der Waals surface area contributed by atoms with Crippen LogP contribution in [0.5, 0.6) is 0 Å². The fourth-order valence-corrected chi connectivity index (χ4v) is 1.94. The van der Waals surface area contributed by atoms with Gasteiger partial charge in [0.05, 0.1) is 25.7 Å². The Kier molecular flexibility index (Phi) is 14.2. The average Bonchev–Trinajstić information content (AvgIpc) is 2.40. The predicted octanol–water partition coefficient (Wildman–Crippen LogP) is -0.382. The monoisotopic (exact) mass is 406 g/mol. The van der Waals surface area contributed by atoms with E-state index in [2.05, 4.69) is 11.8 Å². The van der Waals surface area contributed by atoms with Gasteiger partial charge in [-0.1, -0.05) is 13.3 Å². The molecule has 4 N–H and O–H groups in total. The molecule has 0 saturated carbocycles. The molecule has 0 bridgehead atoms. The topological polar surface area (TPSA) is 164 Å². The molecule has 152 valence electrons. The molecule has 0 aromatic rings. The van der Waals surface area contributed by atoms with Gasteiger partial charge in [0, 0.05) is 19.0 Å². The lowest BCUT2D eigenvalue weighted by Gasteiger charge is -2.27. The number of carbonyl (C=O) groups is 1. The molecule has 1 amide bonds. The zero-order chi connectivity index (χ0) is 20.1. The molecule has 25 heavy (non-hydrogen) atoms. The van der Waals surface area contributed by atoms with Gasteiger partial charge in [0.1, 0.15) is 0 Å². The molecule has 0 aliphatic carbocycles. The molecule has 1 aliphatic heterocycles. The van der Waals surface area contributed by atoms with Crippen molar-refractivity contribution in [3.63, 3.8) is 0 Å². The minimum Gasteiger partial charge on any atom is -0.379 e. The van der Waals surface area contributed by atoms with Gasteiger partial charge in [-0.2, -0.15) is 16.8 Å². The zero-order valence-electron chi connectivity index (χ0n) is 14.9. The van der Waals surface area contributed by atoms with Crippen molar-refractivity contribution in [2.24, 2.45) is 11.7 Å². The normalized spacial score (nSPS) is 16.7. The summed E-state index contributed by atoms with van der Waals surface area (Å²) in [6.07, 6.45) is 4.26. The van der Waals surface area contributed by atoms with Crippen LogP contribution in [0.1, 0.15) is 26.2 Å². The molecule has 0 spiro atoms. The van der Waals surface area contributed by atoms with Crippen molar-refractivity contribution in [2.45, 2.75) is 26.2 Å². The van der Waals surface area contributed by atoms with Crippen LogP contribution in [0.25, 0.3) is 0 Å². The van der Waals surface area contributed by atoms with E-state index in [1.165, 1.54) is 0 Å². The van der Waals surface area contributed by atoms with E-state index in [9.17, 15) is 21.6 Å². The van der Waals surface area contributed by atoms with Crippen LogP contribution in [0.15, 0.2) is 0 Å². The summed E-state index contributed by atoms with van der Waals surface area (Å²) < 4.78 is 57.0. The van der Waals surface area contributed by atoms with Gasteiger partial charge in [0.15, 0.2) is 0 Å². The van der Waals surface area contributed by atoms with Crippen LogP contribution in [-0.4, -0.2) is 82.1 Å². The zero-order valence-corrected chi connectivity index (χ0v) is 16.6. The maximum absolute atomic E-state index is 11.1. The number of carbonyl (C=O) groups excluding carboxylic acids is 1. The summed E-state index contributed by atoms with van der Waals surface area (Å²) in [5.74, 6) is -0.0945. The molecule has 1 rings (SSSR count). The highest BCUT2D eigenvalue weighted by Gasteiger charge is 2.17. The van der Waals surface area contributed by atoms with Crippen LogP contribution in [0.3, 0.4) is 0 Å². The maximum Gasteiger partial charge on any atom is 0.261 e. The first-order chi connectivity index (χ1) is 11.2. The summed E-state index contributed by atoms with van der Waals surface area (Å²) in [5, 5.41) is 0. The number of hydrogen-bond donors (Lipinski definition) is 3. The molecule has 12 heteroatoms. The smallest absolute Gasteiger partial charge is 0.261 e. The molecule has 0 aromatic heterocycles. The summed E-state index contributed by atoms with van der Waals surface area (Å²) in [6.45, 7) is 6.65. The highest BCUT2D eigenvalue weighted by molar-refractivity contribution is 7.85. The first-order valence-corrected chi connectivity index (χ1v) is 11.4. The van der Waals surface area contributed by atoms with Gasteiger partial charge in [-0.3, -0.25) is 18.8 Å². The van der Waals surface area contributed by atoms with Crippen molar-refractivity contribution in [2.75, 3.05) is 45.4 Å². The van der Waals surface area contributed by atoms with Crippen molar-refractivity contribution >= 4 is 26.1 Å². The third kappa shape index (κ3) is 28.3. The highest BCUT2D eigenvalue weighted by Crippen LogP contribution is 2.12. The second kappa shape index (κ2) is 13.4. The summed E-state index contributed by atoms with van der Waals surface area (Å²) in [5.41, 5.74) is 5.36. The van der Waals surface area contributed by atoms with E-state index >= 15 is 0 Å². The second-order valence-corrected chi connectivity index (χ2v) is 8.53. The van der Waals surface area contributed by atoms with Gasteiger partial charge in [-0.25, -0.2) is 0 Å². The van der Waals surface area contributed by atoms with Gasteiger partial charge in [0.25, 0.3) is 20.2 Å². The minimum absolute atomic E-state index is 0.0536. The Bertz CT molecular complexity index is 511.